The molecule has 0 unspecified atom stereocenters. The Morgan fingerprint density at radius 1 is 1.30 bits per heavy atom. The van der Waals surface area contributed by atoms with E-state index in [2.05, 4.69) is 20.0 Å². The summed E-state index contributed by atoms with van der Waals surface area (Å²) in [6.45, 7) is 2.47. The smallest absolute Gasteiger partial charge is 0.338 e. The van der Waals surface area contributed by atoms with Gasteiger partial charge >= 0.3 is 5.97 Å². The minimum absolute atomic E-state index is 0.403. The molecule has 2 heterocycles. The highest BCUT2D eigenvalue weighted by molar-refractivity contribution is 5.90. The van der Waals surface area contributed by atoms with Crippen LogP contribution in [0.4, 0.5) is 11.5 Å². The highest BCUT2D eigenvalue weighted by Gasteiger charge is 2.06. The van der Waals surface area contributed by atoms with Gasteiger partial charge in [0, 0.05) is 12.3 Å². The number of pyridine rings is 2. The summed E-state index contributed by atoms with van der Waals surface area (Å²) < 4.78 is 9.92. The number of nitrogens with one attached hydrogen (secondary N) is 1. The standard InChI is InChI=1S/C14H15N3O3/c1-3-20-13-5-4-11(9-16-13)17-12-8-10(6-7-15-12)14(18)19-2/h4-9H,3H2,1-2H3,(H,15,17). The Kier molecular flexibility index (Phi) is 4.49. The molecule has 1 N–H and O–H groups in total. The molecule has 0 saturated carbocycles. The third-order valence-corrected chi connectivity index (χ3v) is 2.48. The fourth-order valence-electron chi connectivity index (χ4n) is 1.58. The van der Waals surface area contributed by atoms with Crippen molar-refractivity contribution < 1.29 is 14.3 Å². The Morgan fingerprint density at radius 2 is 2.15 bits per heavy atom. The van der Waals surface area contributed by atoms with Crippen LogP contribution >= 0.6 is 0 Å². The van der Waals surface area contributed by atoms with Crippen LogP contribution < -0.4 is 10.1 Å². The number of hydrogen-bond acceptors (Lipinski definition) is 6. The van der Waals surface area contributed by atoms with E-state index in [1.54, 1.807) is 24.4 Å². The lowest BCUT2D eigenvalue weighted by molar-refractivity contribution is 0.0600. The van der Waals surface area contributed by atoms with Crippen LogP contribution in [-0.2, 0) is 4.74 Å². The molecule has 0 aromatic carbocycles. The van der Waals surface area contributed by atoms with E-state index < -0.39 is 5.97 Å². The highest BCUT2D eigenvalue weighted by atomic mass is 16.5. The zero-order valence-corrected chi connectivity index (χ0v) is 11.3. The second-order valence-corrected chi connectivity index (χ2v) is 3.86. The molecular formula is C14H15N3O3. The van der Waals surface area contributed by atoms with Gasteiger partial charge in [0.15, 0.2) is 0 Å². The fourth-order valence-corrected chi connectivity index (χ4v) is 1.58. The number of carbonyl (C=O) groups excluding carboxylic acids is 1. The van der Waals surface area contributed by atoms with E-state index in [1.165, 1.54) is 13.3 Å². The number of nitrogens with zero attached hydrogens (tertiary/aromatic N) is 2. The second kappa shape index (κ2) is 6.51. The van der Waals surface area contributed by atoms with E-state index in [4.69, 9.17) is 4.74 Å². The first-order valence-corrected chi connectivity index (χ1v) is 6.13. The summed E-state index contributed by atoms with van der Waals surface area (Å²) in [6.07, 6.45) is 3.17. The molecular weight excluding hydrogens is 258 g/mol. The molecule has 2 rings (SSSR count). The number of rotatable bonds is 5. The van der Waals surface area contributed by atoms with Gasteiger partial charge in [0.2, 0.25) is 5.88 Å². The van der Waals surface area contributed by atoms with Crippen molar-refractivity contribution in [1.82, 2.24) is 9.97 Å². The first-order chi connectivity index (χ1) is 9.72. The molecule has 6 nitrogen and oxygen atoms in total. The minimum atomic E-state index is -0.403. The van der Waals surface area contributed by atoms with Gasteiger partial charge < -0.3 is 14.8 Å². The van der Waals surface area contributed by atoms with Crippen molar-refractivity contribution in [3.05, 3.63) is 42.2 Å². The van der Waals surface area contributed by atoms with Crippen LogP contribution in [0.3, 0.4) is 0 Å². The number of methoxy groups -OCH3 is 1. The highest BCUT2D eigenvalue weighted by Crippen LogP contribution is 2.17. The van der Waals surface area contributed by atoms with Crippen LogP contribution in [0.15, 0.2) is 36.7 Å². The van der Waals surface area contributed by atoms with Gasteiger partial charge in [-0.05, 0) is 25.1 Å². The van der Waals surface area contributed by atoms with E-state index in [-0.39, 0.29) is 0 Å². The zero-order valence-electron chi connectivity index (χ0n) is 11.3. The monoisotopic (exact) mass is 273 g/mol. The summed E-state index contributed by atoms with van der Waals surface area (Å²) >= 11 is 0. The Bertz CT molecular complexity index is 584. The van der Waals surface area contributed by atoms with Crippen LogP contribution in [0, 0.1) is 0 Å². The van der Waals surface area contributed by atoms with Gasteiger partial charge in [-0.1, -0.05) is 0 Å². The molecule has 2 aromatic heterocycles. The fraction of sp³-hybridized carbons (Fsp3) is 0.214. The van der Waals surface area contributed by atoms with Crippen molar-refractivity contribution in [3.63, 3.8) is 0 Å². The maximum absolute atomic E-state index is 11.4. The predicted molar refractivity (Wildman–Crippen MR) is 74.3 cm³/mol. The molecule has 0 fully saturated rings. The van der Waals surface area contributed by atoms with Crippen LogP contribution in [-0.4, -0.2) is 29.7 Å². The summed E-state index contributed by atoms with van der Waals surface area (Å²) in [5.41, 5.74) is 1.19. The number of esters is 1. The normalized spacial score (nSPS) is 9.90. The maximum atomic E-state index is 11.4. The average molecular weight is 273 g/mol. The molecule has 6 heteroatoms. The molecule has 0 atom stereocenters. The molecule has 0 radical (unpaired) electrons. The molecule has 104 valence electrons. The van der Waals surface area contributed by atoms with E-state index in [0.29, 0.717) is 23.9 Å². The summed E-state index contributed by atoms with van der Waals surface area (Å²) in [6, 6.07) is 6.79. The Balaban J connectivity index is 2.11. The number of ether oxygens (including phenoxy) is 2. The van der Waals surface area contributed by atoms with Gasteiger partial charge in [-0.3, -0.25) is 0 Å². The SMILES string of the molecule is CCOc1ccc(Nc2cc(C(=O)OC)ccn2)cn1. The molecule has 0 spiro atoms. The molecule has 0 bridgehead atoms. The minimum Gasteiger partial charge on any atom is -0.478 e. The van der Waals surface area contributed by atoms with Crippen molar-refractivity contribution >= 4 is 17.5 Å². The molecule has 0 aliphatic heterocycles. The molecule has 0 saturated heterocycles. The van der Waals surface area contributed by atoms with Gasteiger partial charge in [-0.25, -0.2) is 14.8 Å². The number of aromatic nitrogens is 2. The van der Waals surface area contributed by atoms with Gasteiger partial charge in [-0.2, -0.15) is 0 Å². The number of anilines is 2. The molecule has 0 amide bonds. The average Bonchev–Trinajstić information content (AvgIpc) is 2.49. The molecule has 0 aliphatic carbocycles. The summed E-state index contributed by atoms with van der Waals surface area (Å²) in [7, 11) is 1.34. The van der Waals surface area contributed by atoms with Crippen molar-refractivity contribution in [2.24, 2.45) is 0 Å². The topological polar surface area (TPSA) is 73.3 Å². The second-order valence-electron chi connectivity index (χ2n) is 3.86. The summed E-state index contributed by atoms with van der Waals surface area (Å²) in [5, 5.41) is 3.06. The van der Waals surface area contributed by atoms with Gasteiger partial charge in [-0.15, -0.1) is 0 Å². The van der Waals surface area contributed by atoms with E-state index in [1.807, 2.05) is 13.0 Å². The third kappa shape index (κ3) is 3.44. The maximum Gasteiger partial charge on any atom is 0.338 e. The van der Waals surface area contributed by atoms with Crippen molar-refractivity contribution in [3.8, 4) is 5.88 Å². The Morgan fingerprint density at radius 3 is 2.80 bits per heavy atom. The lowest BCUT2D eigenvalue weighted by Crippen LogP contribution is -2.03. The Hall–Kier alpha value is -2.63. The van der Waals surface area contributed by atoms with E-state index in [9.17, 15) is 4.79 Å². The van der Waals surface area contributed by atoms with Crippen molar-refractivity contribution in [1.29, 1.82) is 0 Å². The quantitative estimate of drug-likeness (QED) is 0.843. The third-order valence-electron chi connectivity index (χ3n) is 2.48. The largest absolute Gasteiger partial charge is 0.478 e. The summed E-state index contributed by atoms with van der Waals surface area (Å²) in [5.74, 6) is 0.702. The molecule has 0 aliphatic rings. The van der Waals surface area contributed by atoms with Gasteiger partial charge in [0.25, 0.3) is 0 Å². The van der Waals surface area contributed by atoms with Crippen molar-refractivity contribution in [2.45, 2.75) is 6.92 Å². The van der Waals surface area contributed by atoms with Crippen LogP contribution in [0.1, 0.15) is 17.3 Å². The van der Waals surface area contributed by atoms with E-state index in [0.717, 1.165) is 5.69 Å². The number of carbonyl (C=O) groups is 1. The number of hydrogen-bond donors (Lipinski definition) is 1. The first kappa shape index (κ1) is 13.8. The predicted octanol–water partition coefficient (Wildman–Crippen LogP) is 2.41. The van der Waals surface area contributed by atoms with E-state index >= 15 is 0 Å². The van der Waals surface area contributed by atoms with Crippen LogP contribution in [0.25, 0.3) is 0 Å². The van der Waals surface area contributed by atoms with Gasteiger partial charge in [0.1, 0.15) is 5.82 Å². The van der Waals surface area contributed by atoms with Gasteiger partial charge in [0.05, 0.1) is 31.2 Å². The summed E-state index contributed by atoms with van der Waals surface area (Å²) in [4.78, 5) is 19.7. The van der Waals surface area contributed by atoms with Crippen LogP contribution in [0.5, 0.6) is 5.88 Å². The zero-order chi connectivity index (χ0) is 14.4. The molecule has 2 aromatic rings. The first-order valence-electron chi connectivity index (χ1n) is 6.13. The lowest BCUT2D eigenvalue weighted by atomic mass is 10.2. The molecule has 20 heavy (non-hydrogen) atoms. The Labute approximate surface area is 116 Å². The lowest BCUT2D eigenvalue weighted by Gasteiger charge is -2.07. The van der Waals surface area contributed by atoms with Crippen molar-refractivity contribution in [2.75, 3.05) is 19.0 Å². The van der Waals surface area contributed by atoms with Crippen LogP contribution in [0.2, 0.25) is 0 Å².